The number of hydrogen-bond acceptors (Lipinski definition) is 7. The SMILES string of the molecule is Cn1cc(-c2cnc3[nH]cc(-c4cc(CCC(O)c5ccncc5)nc(N)n4)c3c2)cn1. The van der Waals surface area contributed by atoms with Gasteiger partial charge in [0.05, 0.1) is 18.0 Å². The van der Waals surface area contributed by atoms with E-state index in [4.69, 9.17) is 5.73 Å². The number of nitrogens with zero attached hydrogens (tertiary/aromatic N) is 6. The van der Waals surface area contributed by atoms with Gasteiger partial charge in [0.15, 0.2) is 0 Å². The second kappa shape index (κ2) is 8.20. The third-order valence-electron chi connectivity index (χ3n) is 5.41. The number of anilines is 1. The first-order chi connectivity index (χ1) is 15.6. The minimum Gasteiger partial charge on any atom is -0.388 e. The average molecular weight is 426 g/mol. The molecule has 0 spiro atoms. The van der Waals surface area contributed by atoms with Crippen LogP contribution in [-0.2, 0) is 13.5 Å². The third kappa shape index (κ3) is 3.93. The van der Waals surface area contributed by atoms with Crippen molar-refractivity contribution in [2.75, 3.05) is 5.73 Å². The van der Waals surface area contributed by atoms with Crippen molar-refractivity contribution in [1.29, 1.82) is 0 Å². The largest absolute Gasteiger partial charge is 0.388 e. The Kier molecular flexibility index (Phi) is 5.08. The number of aryl methyl sites for hydroxylation is 2. The van der Waals surface area contributed by atoms with E-state index in [9.17, 15) is 5.11 Å². The smallest absolute Gasteiger partial charge is 0.220 e. The molecule has 0 saturated carbocycles. The third-order valence-corrected chi connectivity index (χ3v) is 5.41. The lowest BCUT2D eigenvalue weighted by Gasteiger charge is -2.11. The number of hydrogen-bond donors (Lipinski definition) is 3. The number of nitrogens with one attached hydrogen (secondary N) is 1. The first kappa shape index (κ1) is 19.8. The Hall–Kier alpha value is -4.11. The number of nitrogen functional groups attached to an aromatic ring is 1. The van der Waals surface area contributed by atoms with Crippen molar-refractivity contribution < 1.29 is 5.11 Å². The predicted molar refractivity (Wildman–Crippen MR) is 121 cm³/mol. The summed E-state index contributed by atoms with van der Waals surface area (Å²) in [5.41, 5.74) is 11.9. The summed E-state index contributed by atoms with van der Waals surface area (Å²) in [5.74, 6) is 0.196. The minimum absolute atomic E-state index is 0.196. The topological polar surface area (TPSA) is 131 Å². The Morgan fingerprint density at radius 2 is 1.97 bits per heavy atom. The van der Waals surface area contributed by atoms with Crippen LogP contribution < -0.4 is 5.73 Å². The maximum absolute atomic E-state index is 10.5. The quantitative estimate of drug-likeness (QED) is 0.380. The molecule has 5 rings (SSSR count). The second-order valence-electron chi connectivity index (χ2n) is 7.66. The molecule has 9 nitrogen and oxygen atoms in total. The molecule has 1 unspecified atom stereocenters. The Balaban J connectivity index is 1.45. The zero-order chi connectivity index (χ0) is 22.1. The normalized spacial score (nSPS) is 12.3. The van der Waals surface area contributed by atoms with Crippen molar-refractivity contribution in [1.82, 2.24) is 34.7 Å². The van der Waals surface area contributed by atoms with E-state index in [1.807, 2.05) is 50.0 Å². The van der Waals surface area contributed by atoms with Gasteiger partial charge in [0, 0.05) is 65.8 Å². The average Bonchev–Trinajstić information content (AvgIpc) is 3.43. The molecule has 0 saturated heterocycles. The first-order valence-electron chi connectivity index (χ1n) is 10.2. The summed E-state index contributed by atoms with van der Waals surface area (Å²) in [4.78, 5) is 20.5. The summed E-state index contributed by atoms with van der Waals surface area (Å²) in [6, 6.07) is 7.60. The van der Waals surface area contributed by atoms with Gasteiger partial charge in [-0.15, -0.1) is 0 Å². The molecule has 5 aromatic heterocycles. The monoisotopic (exact) mass is 426 g/mol. The van der Waals surface area contributed by atoms with Crippen LogP contribution in [0.5, 0.6) is 0 Å². The highest BCUT2D eigenvalue weighted by Gasteiger charge is 2.14. The molecule has 0 aromatic carbocycles. The predicted octanol–water partition coefficient (Wildman–Crippen LogP) is 3.06. The summed E-state index contributed by atoms with van der Waals surface area (Å²) in [6.45, 7) is 0. The lowest BCUT2D eigenvalue weighted by atomic mass is 10.0. The van der Waals surface area contributed by atoms with Gasteiger partial charge in [-0.2, -0.15) is 5.10 Å². The maximum atomic E-state index is 10.5. The van der Waals surface area contributed by atoms with Crippen molar-refractivity contribution in [3.63, 3.8) is 0 Å². The Bertz CT molecular complexity index is 1380. The molecule has 0 bridgehead atoms. The zero-order valence-corrected chi connectivity index (χ0v) is 17.5. The Morgan fingerprint density at radius 1 is 1.12 bits per heavy atom. The van der Waals surface area contributed by atoms with Gasteiger partial charge in [-0.1, -0.05) is 0 Å². The second-order valence-corrected chi connectivity index (χ2v) is 7.66. The van der Waals surface area contributed by atoms with Gasteiger partial charge in [0.1, 0.15) is 5.65 Å². The van der Waals surface area contributed by atoms with Crippen LogP contribution in [0.4, 0.5) is 5.95 Å². The molecular weight excluding hydrogens is 404 g/mol. The number of fused-ring (bicyclic) bond motifs is 1. The standard InChI is InChI=1S/C23H22N8O/c1-31-13-16(11-28-31)15-8-18-19(12-27-22(18)26-10-15)20-9-17(29-23(24)30-20)2-3-21(32)14-4-6-25-7-5-14/h4-13,21,32H,2-3H2,1H3,(H,26,27)(H2,24,29,30). The zero-order valence-electron chi connectivity index (χ0n) is 17.5. The number of aliphatic hydroxyl groups excluding tert-OH is 1. The highest BCUT2D eigenvalue weighted by Crippen LogP contribution is 2.31. The molecule has 160 valence electrons. The number of rotatable bonds is 6. The first-order valence-corrected chi connectivity index (χ1v) is 10.2. The van der Waals surface area contributed by atoms with Crippen LogP contribution in [0.3, 0.4) is 0 Å². The fourth-order valence-corrected chi connectivity index (χ4v) is 3.76. The molecule has 9 heteroatoms. The van der Waals surface area contributed by atoms with Crippen molar-refractivity contribution in [3.8, 4) is 22.4 Å². The highest BCUT2D eigenvalue weighted by molar-refractivity contribution is 5.95. The molecule has 4 N–H and O–H groups in total. The molecule has 0 radical (unpaired) electrons. The van der Waals surface area contributed by atoms with E-state index in [0.29, 0.717) is 18.5 Å². The minimum atomic E-state index is -0.600. The highest BCUT2D eigenvalue weighted by atomic mass is 16.3. The number of aliphatic hydroxyl groups is 1. The van der Waals surface area contributed by atoms with Gasteiger partial charge < -0.3 is 15.8 Å². The number of aromatic nitrogens is 7. The van der Waals surface area contributed by atoms with Crippen LogP contribution >= 0.6 is 0 Å². The molecule has 0 aliphatic heterocycles. The van der Waals surface area contributed by atoms with Crippen LogP contribution in [0.15, 0.2) is 61.4 Å². The molecule has 0 amide bonds. The molecule has 5 heterocycles. The summed E-state index contributed by atoms with van der Waals surface area (Å²) in [6.07, 6.45) is 11.3. The molecule has 5 aromatic rings. The van der Waals surface area contributed by atoms with Crippen molar-refractivity contribution in [2.45, 2.75) is 18.9 Å². The number of nitrogens with two attached hydrogens (primary N) is 1. The summed E-state index contributed by atoms with van der Waals surface area (Å²) in [5, 5.41) is 15.6. The maximum Gasteiger partial charge on any atom is 0.220 e. The van der Waals surface area contributed by atoms with Gasteiger partial charge in [0.2, 0.25) is 5.95 Å². The summed E-state index contributed by atoms with van der Waals surface area (Å²) < 4.78 is 1.76. The van der Waals surface area contributed by atoms with E-state index in [2.05, 4.69) is 36.1 Å². The van der Waals surface area contributed by atoms with Crippen LogP contribution in [0.2, 0.25) is 0 Å². The molecule has 0 aliphatic carbocycles. The molecule has 1 atom stereocenters. The summed E-state index contributed by atoms with van der Waals surface area (Å²) in [7, 11) is 1.88. The van der Waals surface area contributed by atoms with Gasteiger partial charge in [0.25, 0.3) is 0 Å². The van der Waals surface area contributed by atoms with E-state index in [1.165, 1.54) is 0 Å². The Morgan fingerprint density at radius 3 is 2.75 bits per heavy atom. The van der Waals surface area contributed by atoms with E-state index in [1.54, 1.807) is 17.1 Å². The number of H-pyrrole nitrogens is 1. The van der Waals surface area contributed by atoms with Crippen molar-refractivity contribution in [3.05, 3.63) is 72.7 Å². The van der Waals surface area contributed by atoms with Gasteiger partial charge in [-0.05, 0) is 42.7 Å². The van der Waals surface area contributed by atoms with Gasteiger partial charge >= 0.3 is 0 Å². The van der Waals surface area contributed by atoms with Crippen LogP contribution in [0, 0.1) is 0 Å². The lowest BCUT2D eigenvalue weighted by Crippen LogP contribution is -2.04. The molecule has 0 fully saturated rings. The van der Waals surface area contributed by atoms with Crippen molar-refractivity contribution >= 4 is 17.0 Å². The number of pyridine rings is 2. The van der Waals surface area contributed by atoms with E-state index in [-0.39, 0.29) is 5.95 Å². The molecular formula is C23H22N8O. The van der Waals surface area contributed by atoms with Crippen molar-refractivity contribution in [2.24, 2.45) is 7.05 Å². The van der Waals surface area contributed by atoms with Crippen LogP contribution in [-0.4, -0.2) is 39.8 Å². The van der Waals surface area contributed by atoms with E-state index in [0.717, 1.165) is 39.0 Å². The van der Waals surface area contributed by atoms with E-state index >= 15 is 0 Å². The van der Waals surface area contributed by atoms with Crippen LogP contribution in [0.1, 0.15) is 23.8 Å². The van der Waals surface area contributed by atoms with Gasteiger partial charge in [-0.3, -0.25) is 9.67 Å². The molecule has 32 heavy (non-hydrogen) atoms. The molecule has 0 aliphatic rings. The van der Waals surface area contributed by atoms with Crippen LogP contribution in [0.25, 0.3) is 33.4 Å². The lowest BCUT2D eigenvalue weighted by molar-refractivity contribution is 0.167. The summed E-state index contributed by atoms with van der Waals surface area (Å²) >= 11 is 0. The fourth-order valence-electron chi connectivity index (χ4n) is 3.76. The van der Waals surface area contributed by atoms with Gasteiger partial charge in [-0.25, -0.2) is 15.0 Å². The van der Waals surface area contributed by atoms with E-state index < -0.39 is 6.10 Å². The Labute approximate surface area is 184 Å². The number of aromatic amines is 1. The fraction of sp³-hybridized carbons (Fsp3) is 0.174.